The molecule has 23 heavy (non-hydrogen) atoms. The summed E-state index contributed by atoms with van der Waals surface area (Å²) >= 11 is 0. The van der Waals surface area contributed by atoms with Crippen LogP contribution in [0.2, 0.25) is 0 Å². The molecular weight excluding hydrogens is 316 g/mol. The number of amides is 1. The molecule has 1 atom stereocenters. The molecule has 0 bridgehead atoms. The first-order valence-corrected chi connectivity index (χ1v) is 9.38. The first-order chi connectivity index (χ1) is 10.6. The zero-order valence-electron chi connectivity index (χ0n) is 14.1. The van der Waals surface area contributed by atoms with Gasteiger partial charge in [0.05, 0.1) is 11.5 Å². The second-order valence-electron chi connectivity index (χ2n) is 6.41. The minimum atomic E-state index is -3.18. The van der Waals surface area contributed by atoms with Crippen molar-refractivity contribution >= 4 is 15.7 Å². The molecule has 0 spiro atoms. The van der Waals surface area contributed by atoms with Crippen molar-refractivity contribution in [3.63, 3.8) is 0 Å². The third-order valence-corrected chi connectivity index (χ3v) is 5.10. The molecule has 2 rings (SSSR count). The molecule has 0 radical (unpaired) electrons. The van der Waals surface area contributed by atoms with E-state index in [-0.39, 0.29) is 5.91 Å². The summed E-state index contributed by atoms with van der Waals surface area (Å²) in [5, 5.41) is 0. The lowest BCUT2D eigenvalue weighted by Crippen LogP contribution is -2.57. The summed E-state index contributed by atoms with van der Waals surface area (Å²) in [6.07, 6.45) is 1.20. The fraction of sp³-hybridized carbons (Fsp3) is 0.562. The lowest BCUT2D eigenvalue weighted by molar-refractivity contribution is -0.165. The second-order valence-corrected chi connectivity index (χ2v) is 8.42. The standard InChI is InChI=1S/C16H24N2O4S/c1-16(15(19)17(2)3)12-18(9-10-22-16)11-13-5-7-14(8-6-13)23(4,20)21/h5-8H,9-12H2,1-4H3. The van der Waals surface area contributed by atoms with Gasteiger partial charge in [0.15, 0.2) is 15.4 Å². The van der Waals surface area contributed by atoms with Crippen molar-refractivity contribution in [3.05, 3.63) is 29.8 Å². The number of carbonyl (C=O) groups is 1. The maximum Gasteiger partial charge on any atom is 0.255 e. The van der Waals surface area contributed by atoms with Gasteiger partial charge in [-0.2, -0.15) is 0 Å². The van der Waals surface area contributed by atoms with Crippen LogP contribution in [0, 0.1) is 0 Å². The van der Waals surface area contributed by atoms with Gasteiger partial charge in [0.25, 0.3) is 5.91 Å². The summed E-state index contributed by atoms with van der Waals surface area (Å²) < 4.78 is 28.7. The van der Waals surface area contributed by atoms with Crippen LogP contribution in [0.5, 0.6) is 0 Å². The first kappa shape index (κ1) is 17.9. The summed E-state index contributed by atoms with van der Waals surface area (Å²) in [7, 11) is 0.268. The fourth-order valence-corrected chi connectivity index (χ4v) is 3.42. The number of sulfone groups is 1. The van der Waals surface area contributed by atoms with Crippen molar-refractivity contribution in [1.82, 2.24) is 9.80 Å². The van der Waals surface area contributed by atoms with E-state index < -0.39 is 15.4 Å². The van der Waals surface area contributed by atoms with Gasteiger partial charge < -0.3 is 9.64 Å². The summed E-state index contributed by atoms with van der Waals surface area (Å²) in [5.74, 6) is -0.0466. The van der Waals surface area contributed by atoms with Gasteiger partial charge >= 0.3 is 0 Å². The van der Waals surface area contributed by atoms with E-state index in [1.807, 2.05) is 19.1 Å². The van der Waals surface area contributed by atoms with E-state index in [9.17, 15) is 13.2 Å². The second kappa shape index (κ2) is 6.59. The van der Waals surface area contributed by atoms with E-state index in [0.717, 1.165) is 12.1 Å². The molecule has 1 aliphatic heterocycles. The Hall–Kier alpha value is -1.44. The highest BCUT2D eigenvalue weighted by Crippen LogP contribution is 2.21. The fourth-order valence-electron chi connectivity index (χ4n) is 2.79. The molecule has 1 saturated heterocycles. The zero-order valence-corrected chi connectivity index (χ0v) is 14.9. The Bertz CT molecular complexity index is 670. The van der Waals surface area contributed by atoms with Crippen molar-refractivity contribution < 1.29 is 17.9 Å². The van der Waals surface area contributed by atoms with Crippen molar-refractivity contribution in [2.45, 2.75) is 24.0 Å². The maximum absolute atomic E-state index is 12.3. The van der Waals surface area contributed by atoms with Crippen LogP contribution in [-0.4, -0.2) is 69.8 Å². The Morgan fingerprint density at radius 2 is 1.91 bits per heavy atom. The van der Waals surface area contributed by atoms with Crippen LogP contribution in [0.25, 0.3) is 0 Å². The van der Waals surface area contributed by atoms with E-state index in [1.165, 1.54) is 6.26 Å². The summed E-state index contributed by atoms with van der Waals surface area (Å²) in [4.78, 5) is 16.3. The van der Waals surface area contributed by atoms with Gasteiger partial charge in [-0.05, 0) is 24.6 Å². The normalized spacial score (nSPS) is 22.8. The molecule has 0 saturated carbocycles. The molecule has 0 aromatic heterocycles. The Labute approximate surface area is 137 Å². The van der Waals surface area contributed by atoms with Crippen LogP contribution in [0.4, 0.5) is 0 Å². The first-order valence-electron chi connectivity index (χ1n) is 7.49. The molecule has 1 heterocycles. The molecule has 1 unspecified atom stereocenters. The Kier molecular flexibility index (Phi) is 5.13. The molecule has 1 fully saturated rings. The lowest BCUT2D eigenvalue weighted by Gasteiger charge is -2.40. The lowest BCUT2D eigenvalue weighted by atomic mass is 10.0. The van der Waals surface area contributed by atoms with Crippen molar-refractivity contribution in [3.8, 4) is 0 Å². The predicted octanol–water partition coefficient (Wildman–Crippen LogP) is 0.769. The van der Waals surface area contributed by atoms with Crippen molar-refractivity contribution in [2.75, 3.05) is 40.0 Å². The third-order valence-electron chi connectivity index (χ3n) is 3.97. The van der Waals surface area contributed by atoms with Crippen LogP contribution < -0.4 is 0 Å². The number of carbonyl (C=O) groups excluding carboxylic acids is 1. The topological polar surface area (TPSA) is 66.9 Å². The number of nitrogens with zero attached hydrogens (tertiary/aromatic N) is 2. The molecule has 1 aromatic rings. The van der Waals surface area contributed by atoms with Gasteiger partial charge in [-0.15, -0.1) is 0 Å². The van der Waals surface area contributed by atoms with E-state index in [0.29, 0.717) is 24.6 Å². The molecule has 0 N–H and O–H groups in total. The summed E-state index contributed by atoms with van der Waals surface area (Å²) in [5.41, 5.74) is 0.174. The number of benzene rings is 1. The Morgan fingerprint density at radius 1 is 1.30 bits per heavy atom. The van der Waals surface area contributed by atoms with E-state index in [2.05, 4.69) is 4.90 Å². The predicted molar refractivity (Wildman–Crippen MR) is 87.9 cm³/mol. The maximum atomic E-state index is 12.3. The van der Waals surface area contributed by atoms with Crippen LogP contribution >= 0.6 is 0 Å². The van der Waals surface area contributed by atoms with Gasteiger partial charge in [0.1, 0.15) is 0 Å². The van der Waals surface area contributed by atoms with Gasteiger partial charge in [-0.3, -0.25) is 9.69 Å². The summed E-state index contributed by atoms with van der Waals surface area (Å²) in [6, 6.07) is 6.87. The molecule has 1 amide bonds. The molecule has 128 valence electrons. The minimum Gasteiger partial charge on any atom is -0.363 e. The molecule has 0 aliphatic carbocycles. The van der Waals surface area contributed by atoms with Crippen molar-refractivity contribution in [2.24, 2.45) is 0 Å². The monoisotopic (exact) mass is 340 g/mol. The summed E-state index contributed by atoms with van der Waals surface area (Å²) in [6.45, 7) is 4.22. The largest absolute Gasteiger partial charge is 0.363 e. The Balaban J connectivity index is 2.07. The minimum absolute atomic E-state index is 0.0466. The van der Waals surface area contributed by atoms with Crippen LogP contribution in [-0.2, 0) is 25.9 Å². The third kappa shape index (κ3) is 4.31. The van der Waals surface area contributed by atoms with Gasteiger partial charge in [0.2, 0.25) is 0 Å². The highest BCUT2D eigenvalue weighted by atomic mass is 32.2. The molecular formula is C16H24N2O4S. The molecule has 1 aromatic carbocycles. The van der Waals surface area contributed by atoms with E-state index in [4.69, 9.17) is 4.74 Å². The van der Waals surface area contributed by atoms with E-state index in [1.54, 1.807) is 31.1 Å². The highest BCUT2D eigenvalue weighted by Gasteiger charge is 2.40. The number of hydrogen-bond acceptors (Lipinski definition) is 5. The number of morpholine rings is 1. The number of rotatable bonds is 4. The quantitative estimate of drug-likeness (QED) is 0.810. The number of likely N-dealkylation sites (N-methyl/N-ethyl adjacent to an activating group) is 1. The molecule has 7 heteroatoms. The van der Waals surface area contributed by atoms with E-state index >= 15 is 0 Å². The van der Waals surface area contributed by atoms with Crippen LogP contribution in [0.1, 0.15) is 12.5 Å². The Morgan fingerprint density at radius 3 is 2.43 bits per heavy atom. The average molecular weight is 340 g/mol. The highest BCUT2D eigenvalue weighted by molar-refractivity contribution is 7.90. The smallest absolute Gasteiger partial charge is 0.255 e. The molecule has 6 nitrogen and oxygen atoms in total. The van der Waals surface area contributed by atoms with Crippen LogP contribution in [0.3, 0.4) is 0 Å². The van der Waals surface area contributed by atoms with Crippen LogP contribution in [0.15, 0.2) is 29.2 Å². The molecule has 1 aliphatic rings. The van der Waals surface area contributed by atoms with Gasteiger partial charge in [-0.25, -0.2) is 8.42 Å². The SMILES string of the molecule is CN(C)C(=O)C1(C)CN(Cc2ccc(S(C)(=O)=O)cc2)CCO1. The number of hydrogen-bond donors (Lipinski definition) is 0. The number of ether oxygens (including phenoxy) is 1. The average Bonchev–Trinajstić information content (AvgIpc) is 2.46. The van der Waals surface area contributed by atoms with Gasteiger partial charge in [-0.1, -0.05) is 12.1 Å². The van der Waals surface area contributed by atoms with Crippen molar-refractivity contribution in [1.29, 1.82) is 0 Å². The van der Waals surface area contributed by atoms with Gasteiger partial charge in [0, 0.05) is 40.0 Å². The zero-order chi connectivity index (χ0) is 17.3.